The number of aliphatic hydroxyl groups is 1. The number of rotatable bonds is 5. The van der Waals surface area contributed by atoms with Crippen LogP contribution in [-0.4, -0.2) is 44.8 Å². The highest BCUT2D eigenvalue weighted by atomic mass is 16.4. The molecule has 0 saturated carbocycles. The molecular formula is C11H17N3O3. The van der Waals surface area contributed by atoms with E-state index in [9.17, 15) is 9.90 Å². The molecule has 17 heavy (non-hydrogen) atoms. The molecule has 0 atom stereocenters. The Labute approximate surface area is 99.9 Å². The number of anilines is 1. The molecule has 1 heterocycles. The quantitative estimate of drug-likeness (QED) is 0.789. The SMILES string of the molecule is CCN(CC(C)(C)O)c1cncc(C(=O)O)n1. The van der Waals surface area contributed by atoms with E-state index in [0.717, 1.165) is 0 Å². The van der Waals surface area contributed by atoms with Gasteiger partial charge in [-0.3, -0.25) is 4.98 Å². The molecule has 0 fully saturated rings. The summed E-state index contributed by atoms with van der Waals surface area (Å²) in [5.41, 5.74) is -0.978. The highest BCUT2D eigenvalue weighted by Crippen LogP contribution is 2.13. The van der Waals surface area contributed by atoms with E-state index in [0.29, 0.717) is 18.9 Å². The summed E-state index contributed by atoms with van der Waals surface area (Å²) >= 11 is 0. The summed E-state index contributed by atoms with van der Waals surface area (Å²) in [5.74, 6) is -0.659. The first-order valence-electron chi connectivity index (χ1n) is 5.36. The normalized spacial score (nSPS) is 11.3. The van der Waals surface area contributed by atoms with Crippen LogP contribution >= 0.6 is 0 Å². The first-order valence-corrected chi connectivity index (χ1v) is 5.36. The number of carbonyl (C=O) groups is 1. The smallest absolute Gasteiger partial charge is 0.356 e. The zero-order valence-electron chi connectivity index (χ0n) is 10.2. The van der Waals surface area contributed by atoms with Crippen LogP contribution in [0.3, 0.4) is 0 Å². The minimum Gasteiger partial charge on any atom is -0.476 e. The van der Waals surface area contributed by atoms with Crippen LogP contribution in [-0.2, 0) is 0 Å². The summed E-state index contributed by atoms with van der Waals surface area (Å²) in [6.07, 6.45) is 2.69. The molecule has 1 rings (SSSR count). The van der Waals surface area contributed by atoms with Crippen molar-refractivity contribution >= 4 is 11.8 Å². The van der Waals surface area contributed by atoms with E-state index in [1.165, 1.54) is 12.4 Å². The van der Waals surface area contributed by atoms with Crippen LogP contribution in [0.5, 0.6) is 0 Å². The lowest BCUT2D eigenvalue weighted by Crippen LogP contribution is -2.39. The number of likely N-dealkylation sites (N-methyl/N-ethyl adjacent to an activating group) is 1. The molecule has 0 unspecified atom stereocenters. The van der Waals surface area contributed by atoms with Gasteiger partial charge in [0.05, 0.1) is 18.0 Å². The molecule has 0 amide bonds. The fourth-order valence-electron chi connectivity index (χ4n) is 1.43. The summed E-state index contributed by atoms with van der Waals surface area (Å²) in [5, 5.41) is 18.6. The van der Waals surface area contributed by atoms with Gasteiger partial charge in [-0.25, -0.2) is 9.78 Å². The number of nitrogens with zero attached hydrogens (tertiary/aromatic N) is 3. The Hall–Kier alpha value is -1.69. The molecule has 1 aromatic rings. The van der Waals surface area contributed by atoms with Crippen LogP contribution in [0.25, 0.3) is 0 Å². The molecule has 6 heteroatoms. The van der Waals surface area contributed by atoms with Crippen LogP contribution < -0.4 is 4.90 Å². The zero-order chi connectivity index (χ0) is 13.1. The molecule has 1 aromatic heterocycles. The van der Waals surface area contributed by atoms with Gasteiger partial charge in [0.1, 0.15) is 5.82 Å². The van der Waals surface area contributed by atoms with Crippen molar-refractivity contribution in [3.05, 3.63) is 18.1 Å². The Morgan fingerprint density at radius 2 is 2.12 bits per heavy atom. The Bertz CT molecular complexity index is 401. The van der Waals surface area contributed by atoms with Crippen LogP contribution in [0.4, 0.5) is 5.82 Å². The summed E-state index contributed by atoms with van der Waals surface area (Å²) in [4.78, 5) is 20.4. The second-order valence-corrected chi connectivity index (χ2v) is 4.39. The number of hydrogen-bond acceptors (Lipinski definition) is 5. The van der Waals surface area contributed by atoms with Crippen LogP contribution in [0.2, 0.25) is 0 Å². The van der Waals surface area contributed by atoms with Gasteiger partial charge < -0.3 is 15.1 Å². The van der Waals surface area contributed by atoms with Gasteiger partial charge in [-0.05, 0) is 20.8 Å². The summed E-state index contributed by atoms with van der Waals surface area (Å²) in [6.45, 7) is 6.25. The van der Waals surface area contributed by atoms with E-state index in [2.05, 4.69) is 9.97 Å². The van der Waals surface area contributed by atoms with Gasteiger partial charge in [-0.2, -0.15) is 0 Å². The number of aromatic nitrogens is 2. The highest BCUT2D eigenvalue weighted by molar-refractivity contribution is 5.85. The van der Waals surface area contributed by atoms with Gasteiger partial charge in [-0.15, -0.1) is 0 Å². The second-order valence-electron chi connectivity index (χ2n) is 4.39. The second kappa shape index (κ2) is 5.09. The molecule has 0 aromatic carbocycles. The first-order chi connectivity index (χ1) is 7.83. The van der Waals surface area contributed by atoms with Crippen molar-refractivity contribution in [2.45, 2.75) is 26.4 Å². The van der Waals surface area contributed by atoms with E-state index >= 15 is 0 Å². The summed E-state index contributed by atoms with van der Waals surface area (Å²) in [6, 6.07) is 0. The lowest BCUT2D eigenvalue weighted by atomic mass is 10.1. The Morgan fingerprint density at radius 1 is 1.47 bits per heavy atom. The van der Waals surface area contributed by atoms with E-state index in [-0.39, 0.29) is 5.69 Å². The predicted molar refractivity (Wildman–Crippen MR) is 63.2 cm³/mol. The molecule has 0 bridgehead atoms. The molecule has 0 spiro atoms. The number of hydrogen-bond donors (Lipinski definition) is 2. The molecular weight excluding hydrogens is 222 g/mol. The molecule has 0 aliphatic carbocycles. The minimum absolute atomic E-state index is 0.100. The van der Waals surface area contributed by atoms with E-state index < -0.39 is 11.6 Å². The fraction of sp³-hybridized carbons (Fsp3) is 0.545. The molecule has 0 aliphatic rings. The Morgan fingerprint density at radius 3 is 2.59 bits per heavy atom. The van der Waals surface area contributed by atoms with Gasteiger partial charge in [0.15, 0.2) is 5.69 Å². The van der Waals surface area contributed by atoms with Crippen LogP contribution in [0, 0.1) is 0 Å². The van der Waals surface area contributed by atoms with Crippen molar-refractivity contribution in [2.75, 3.05) is 18.0 Å². The van der Waals surface area contributed by atoms with Crippen molar-refractivity contribution in [1.29, 1.82) is 0 Å². The topological polar surface area (TPSA) is 86.5 Å². The number of aromatic carboxylic acids is 1. The third kappa shape index (κ3) is 3.99. The van der Waals surface area contributed by atoms with Crippen molar-refractivity contribution in [2.24, 2.45) is 0 Å². The fourth-order valence-corrected chi connectivity index (χ4v) is 1.43. The van der Waals surface area contributed by atoms with Gasteiger partial charge in [0, 0.05) is 13.1 Å². The minimum atomic E-state index is -1.11. The van der Waals surface area contributed by atoms with Crippen molar-refractivity contribution in [3.8, 4) is 0 Å². The standard InChI is InChI=1S/C11H17N3O3/c1-4-14(7-11(2,3)17)9-6-12-5-8(13-9)10(15)16/h5-6,17H,4,7H2,1-3H3,(H,15,16). The predicted octanol–water partition coefficient (Wildman–Crippen LogP) is 0.772. The maximum atomic E-state index is 10.8. The molecule has 0 saturated heterocycles. The molecule has 0 aliphatic heterocycles. The van der Waals surface area contributed by atoms with Gasteiger partial charge >= 0.3 is 5.97 Å². The lowest BCUT2D eigenvalue weighted by molar-refractivity contribution is 0.0690. The largest absolute Gasteiger partial charge is 0.476 e. The third-order valence-electron chi connectivity index (χ3n) is 2.12. The first kappa shape index (κ1) is 13.4. The van der Waals surface area contributed by atoms with Gasteiger partial charge in [-0.1, -0.05) is 0 Å². The molecule has 94 valence electrons. The maximum absolute atomic E-state index is 10.8. The van der Waals surface area contributed by atoms with Gasteiger partial charge in [0.2, 0.25) is 0 Å². The number of carboxylic acid groups (broad SMARTS) is 1. The Balaban J connectivity index is 2.96. The molecule has 0 radical (unpaired) electrons. The van der Waals surface area contributed by atoms with E-state index in [1.807, 2.05) is 6.92 Å². The van der Waals surface area contributed by atoms with E-state index in [1.54, 1.807) is 18.7 Å². The summed E-state index contributed by atoms with van der Waals surface area (Å²) in [7, 11) is 0. The highest BCUT2D eigenvalue weighted by Gasteiger charge is 2.19. The van der Waals surface area contributed by atoms with Gasteiger partial charge in [0.25, 0.3) is 0 Å². The van der Waals surface area contributed by atoms with Crippen LogP contribution in [0.1, 0.15) is 31.3 Å². The summed E-state index contributed by atoms with van der Waals surface area (Å²) < 4.78 is 0. The number of carboxylic acids is 1. The zero-order valence-corrected chi connectivity index (χ0v) is 10.2. The van der Waals surface area contributed by atoms with E-state index in [4.69, 9.17) is 5.11 Å². The molecule has 6 nitrogen and oxygen atoms in total. The average Bonchev–Trinajstić information content (AvgIpc) is 2.25. The van der Waals surface area contributed by atoms with Crippen LogP contribution in [0.15, 0.2) is 12.4 Å². The maximum Gasteiger partial charge on any atom is 0.356 e. The van der Waals surface area contributed by atoms with Crippen molar-refractivity contribution in [3.63, 3.8) is 0 Å². The third-order valence-corrected chi connectivity index (χ3v) is 2.12. The average molecular weight is 239 g/mol. The van der Waals surface area contributed by atoms with Crippen molar-refractivity contribution in [1.82, 2.24) is 9.97 Å². The lowest BCUT2D eigenvalue weighted by Gasteiger charge is -2.28. The molecule has 2 N–H and O–H groups in total. The monoisotopic (exact) mass is 239 g/mol. The Kier molecular flexibility index (Phi) is 4.01. The van der Waals surface area contributed by atoms with Crippen molar-refractivity contribution < 1.29 is 15.0 Å².